The van der Waals surface area contributed by atoms with Crippen molar-refractivity contribution in [3.05, 3.63) is 95.1 Å². The van der Waals surface area contributed by atoms with Crippen LogP contribution in [0.4, 0.5) is 9.59 Å². The first-order valence-corrected chi connectivity index (χ1v) is 12.0. The number of ketones is 1. The van der Waals surface area contributed by atoms with Crippen LogP contribution in [-0.4, -0.2) is 37.7 Å². The molecular formula is C29H30N2O5. The van der Waals surface area contributed by atoms with E-state index in [1.54, 1.807) is 6.92 Å². The zero-order chi connectivity index (χ0) is 25.5. The van der Waals surface area contributed by atoms with E-state index in [9.17, 15) is 14.4 Å². The topological polar surface area (TPSA) is 93.7 Å². The molecule has 0 aliphatic heterocycles. The fourth-order valence-corrected chi connectivity index (χ4v) is 4.55. The third-order valence-electron chi connectivity index (χ3n) is 6.46. The number of carbonyl (C=O) groups excluding carboxylic acids is 3. The van der Waals surface area contributed by atoms with Crippen molar-refractivity contribution in [3.63, 3.8) is 0 Å². The highest BCUT2D eigenvalue weighted by Gasteiger charge is 2.29. The largest absolute Gasteiger partial charge is 0.453 e. The number of alkyl carbamates (subject to hydrolysis) is 2. The summed E-state index contributed by atoms with van der Waals surface area (Å²) in [5, 5.41) is 5.39. The van der Waals surface area contributed by atoms with Crippen molar-refractivity contribution in [3.8, 4) is 11.1 Å². The number of Topliss-reactive ketones (excluding diaryl/α,β-unsaturated/α-hetero) is 1. The molecule has 0 fully saturated rings. The molecule has 3 aromatic rings. The first-order valence-electron chi connectivity index (χ1n) is 12.0. The predicted molar refractivity (Wildman–Crippen MR) is 137 cm³/mol. The lowest BCUT2D eigenvalue weighted by molar-refractivity contribution is -0.120. The molecule has 1 atom stereocenters. The summed E-state index contributed by atoms with van der Waals surface area (Å²) in [4.78, 5) is 36.2. The molecule has 1 aliphatic rings. The second-order valence-corrected chi connectivity index (χ2v) is 8.71. The first kappa shape index (κ1) is 25.0. The minimum absolute atomic E-state index is 0.0137. The minimum atomic E-state index is -0.646. The molecule has 0 radical (unpaired) electrons. The number of carbonyl (C=O) groups is 3. The Labute approximate surface area is 210 Å². The van der Waals surface area contributed by atoms with Gasteiger partial charge in [-0.2, -0.15) is 0 Å². The zero-order valence-electron chi connectivity index (χ0n) is 20.5. The van der Waals surface area contributed by atoms with Crippen molar-refractivity contribution in [2.24, 2.45) is 0 Å². The Hall–Kier alpha value is -4.13. The molecule has 0 bridgehead atoms. The van der Waals surface area contributed by atoms with Crippen molar-refractivity contribution in [2.75, 3.05) is 13.7 Å². The number of fused-ring (bicyclic) bond motifs is 3. The lowest BCUT2D eigenvalue weighted by Gasteiger charge is -2.16. The van der Waals surface area contributed by atoms with Gasteiger partial charge in [-0.15, -0.1) is 0 Å². The summed E-state index contributed by atoms with van der Waals surface area (Å²) < 4.78 is 10.2. The molecular weight excluding hydrogens is 456 g/mol. The number of amides is 2. The monoisotopic (exact) mass is 486 g/mol. The Morgan fingerprint density at radius 3 is 2.00 bits per heavy atom. The SMILES string of the molecule is CCC(=O)C(Cc1ccc(CNC(=O)OCC2c3ccccc3-c3ccccc32)cc1)NC(=O)OC. The summed E-state index contributed by atoms with van der Waals surface area (Å²) in [5.41, 5.74) is 6.50. The van der Waals surface area contributed by atoms with Gasteiger partial charge in [0.2, 0.25) is 0 Å². The lowest BCUT2D eigenvalue weighted by Crippen LogP contribution is -2.42. The molecule has 1 unspecified atom stereocenters. The number of hydrogen-bond acceptors (Lipinski definition) is 5. The molecule has 0 saturated carbocycles. The van der Waals surface area contributed by atoms with Gasteiger partial charge < -0.3 is 20.1 Å². The highest BCUT2D eigenvalue weighted by atomic mass is 16.5. The van der Waals surface area contributed by atoms with Gasteiger partial charge in [-0.05, 0) is 39.8 Å². The molecule has 4 rings (SSSR count). The summed E-state index contributed by atoms with van der Waals surface area (Å²) in [6, 6.07) is 23.3. The van der Waals surface area contributed by atoms with Gasteiger partial charge in [-0.3, -0.25) is 4.79 Å². The van der Waals surface area contributed by atoms with Gasteiger partial charge in [-0.25, -0.2) is 9.59 Å². The Balaban J connectivity index is 1.30. The van der Waals surface area contributed by atoms with Gasteiger partial charge in [0.25, 0.3) is 0 Å². The Bertz CT molecular complexity index is 1190. The molecule has 0 spiro atoms. The fraction of sp³-hybridized carbons (Fsp3) is 0.276. The Kier molecular flexibility index (Phi) is 8.00. The van der Waals surface area contributed by atoms with E-state index < -0.39 is 18.2 Å². The average molecular weight is 487 g/mol. The smallest absolute Gasteiger partial charge is 0.407 e. The van der Waals surface area contributed by atoms with Crippen LogP contribution in [0.5, 0.6) is 0 Å². The van der Waals surface area contributed by atoms with Gasteiger partial charge in [0.15, 0.2) is 5.78 Å². The van der Waals surface area contributed by atoms with Gasteiger partial charge in [-0.1, -0.05) is 79.7 Å². The molecule has 3 aromatic carbocycles. The van der Waals surface area contributed by atoms with Crippen LogP contribution in [0, 0.1) is 0 Å². The van der Waals surface area contributed by atoms with E-state index in [2.05, 4.69) is 39.6 Å². The van der Waals surface area contributed by atoms with Crippen LogP contribution in [0.1, 0.15) is 41.5 Å². The second kappa shape index (κ2) is 11.5. The van der Waals surface area contributed by atoms with Crippen LogP contribution in [0.2, 0.25) is 0 Å². The summed E-state index contributed by atoms with van der Waals surface area (Å²) >= 11 is 0. The third kappa shape index (κ3) is 5.74. The highest BCUT2D eigenvalue weighted by Crippen LogP contribution is 2.44. The first-order chi connectivity index (χ1) is 17.5. The molecule has 2 amide bonds. The number of nitrogens with one attached hydrogen (secondary N) is 2. The number of ether oxygens (including phenoxy) is 2. The molecule has 1 aliphatic carbocycles. The van der Waals surface area contributed by atoms with Crippen LogP contribution in [-0.2, 0) is 27.2 Å². The average Bonchev–Trinajstić information content (AvgIpc) is 3.24. The summed E-state index contributed by atoms with van der Waals surface area (Å²) in [6.45, 7) is 2.33. The second-order valence-electron chi connectivity index (χ2n) is 8.71. The van der Waals surface area contributed by atoms with Crippen LogP contribution >= 0.6 is 0 Å². The fourth-order valence-electron chi connectivity index (χ4n) is 4.55. The van der Waals surface area contributed by atoms with E-state index >= 15 is 0 Å². The van der Waals surface area contributed by atoms with Gasteiger partial charge >= 0.3 is 12.2 Å². The number of benzene rings is 3. The molecule has 0 saturated heterocycles. The number of methoxy groups -OCH3 is 1. The normalized spacial score (nSPS) is 12.7. The van der Waals surface area contributed by atoms with Crippen molar-refractivity contribution in [1.29, 1.82) is 0 Å². The van der Waals surface area contributed by atoms with Crippen LogP contribution in [0.15, 0.2) is 72.8 Å². The maximum absolute atomic E-state index is 12.4. The third-order valence-corrected chi connectivity index (χ3v) is 6.46. The van der Waals surface area contributed by atoms with Crippen LogP contribution in [0.3, 0.4) is 0 Å². The molecule has 0 aromatic heterocycles. The summed E-state index contributed by atoms with van der Waals surface area (Å²) in [6.07, 6.45) is -0.430. The molecule has 2 N–H and O–H groups in total. The number of hydrogen-bond donors (Lipinski definition) is 2. The molecule has 36 heavy (non-hydrogen) atoms. The van der Waals surface area contributed by atoms with Gasteiger partial charge in [0.05, 0.1) is 13.2 Å². The van der Waals surface area contributed by atoms with E-state index in [-0.39, 0.29) is 18.3 Å². The van der Waals surface area contributed by atoms with Crippen molar-refractivity contribution in [2.45, 2.75) is 38.3 Å². The van der Waals surface area contributed by atoms with Gasteiger partial charge in [0, 0.05) is 18.9 Å². The molecule has 7 nitrogen and oxygen atoms in total. The quantitative estimate of drug-likeness (QED) is 0.445. The standard InChI is InChI=1S/C29H30N2O5/c1-3-27(32)26(31-29(34)35-2)16-19-12-14-20(15-13-19)17-30-28(33)36-18-25-23-10-6-4-8-21(23)22-9-5-7-11-24(22)25/h4-15,25-26H,3,16-18H2,1-2H3,(H,30,33)(H,31,34). The highest BCUT2D eigenvalue weighted by molar-refractivity contribution is 5.87. The maximum Gasteiger partial charge on any atom is 0.407 e. The van der Waals surface area contributed by atoms with E-state index in [1.807, 2.05) is 48.5 Å². The van der Waals surface area contributed by atoms with Crippen molar-refractivity contribution < 1.29 is 23.9 Å². The van der Waals surface area contributed by atoms with Crippen molar-refractivity contribution >= 4 is 18.0 Å². The minimum Gasteiger partial charge on any atom is -0.453 e. The lowest BCUT2D eigenvalue weighted by atomic mass is 9.98. The zero-order valence-corrected chi connectivity index (χ0v) is 20.5. The van der Waals surface area contributed by atoms with E-state index in [1.165, 1.54) is 29.4 Å². The van der Waals surface area contributed by atoms with Gasteiger partial charge in [0.1, 0.15) is 6.61 Å². The van der Waals surface area contributed by atoms with Crippen molar-refractivity contribution in [1.82, 2.24) is 10.6 Å². The molecule has 7 heteroatoms. The molecule has 186 valence electrons. The van der Waals surface area contributed by atoms with Crippen LogP contribution in [0.25, 0.3) is 11.1 Å². The summed E-state index contributed by atoms with van der Waals surface area (Å²) in [5.74, 6) is -0.0544. The predicted octanol–water partition coefficient (Wildman–Crippen LogP) is 4.97. The maximum atomic E-state index is 12.4. The Morgan fingerprint density at radius 1 is 0.833 bits per heavy atom. The van der Waals surface area contributed by atoms with E-state index in [0.717, 1.165) is 11.1 Å². The van der Waals surface area contributed by atoms with Crippen LogP contribution < -0.4 is 10.6 Å². The Morgan fingerprint density at radius 2 is 1.42 bits per heavy atom. The number of rotatable bonds is 9. The van der Waals surface area contributed by atoms with E-state index in [0.29, 0.717) is 19.4 Å². The summed E-state index contributed by atoms with van der Waals surface area (Å²) in [7, 11) is 1.27. The van der Waals surface area contributed by atoms with E-state index in [4.69, 9.17) is 4.74 Å². The molecule has 0 heterocycles.